The maximum atomic E-state index is 12.7. The van der Waals surface area contributed by atoms with Gasteiger partial charge in [0.2, 0.25) is 0 Å². The molecule has 82 valence electrons. The number of alkyl halides is 3. The molecule has 0 aliphatic rings. The van der Waals surface area contributed by atoms with Crippen molar-refractivity contribution in [3.05, 3.63) is 29.6 Å². The van der Waals surface area contributed by atoms with Crippen LogP contribution in [-0.2, 0) is 0 Å². The molecule has 1 rings (SSSR count). The Hall–Kier alpha value is -1.59. The van der Waals surface area contributed by atoms with E-state index < -0.39 is 18.6 Å². The molecule has 0 atom stereocenters. The Morgan fingerprint density at radius 2 is 1.93 bits per heavy atom. The average Bonchev–Trinajstić information content (AvgIpc) is 2.13. The van der Waals surface area contributed by atoms with Crippen molar-refractivity contribution in [3.8, 4) is 5.75 Å². The normalized spacial score (nSPS) is 11.2. The lowest BCUT2D eigenvalue weighted by molar-refractivity contribution is -0.153. The van der Waals surface area contributed by atoms with E-state index in [1.165, 1.54) is 0 Å². The summed E-state index contributed by atoms with van der Waals surface area (Å²) in [7, 11) is 0. The van der Waals surface area contributed by atoms with Crippen molar-refractivity contribution in [1.29, 1.82) is 0 Å². The fourth-order valence-electron chi connectivity index (χ4n) is 0.901. The molecule has 0 heterocycles. The molecule has 0 unspecified atom stereocenters. The van der Waals surface area contributed by atoms with Crippen LogP contribution in [0.1, 0.15) is 10.4 Å². The van der Waals surface area contributed by atoms with Crippen LogP contribution in [0.4, 0.5) is 17.6 Å². The van der Waals surface area contributed by atoms with Crippen molar-refractivity contribution in [3.63, 3.8) is 0 Å². The number of aldehydes is 1. The van der Waals surface area contributed by atoms with Gasteiger partial charge in [-0.15, -0.1) is 0 Å². The minimum absolute atomic E-state index is 0.0767. The first kappa shape index (κ1) is 11.5. The Labute approximate surface area is 82.5 Å². The van der Waals surface area contributed by atoms with Crippen molar-refractivity contribution in [2.75, 3.05) is 6.61 Å². The van der Waals surface area contributed by atoms with Gasteiger partial charge in [-0.1, -0.05) is 0 Å². The number of rotatable bonds is 3. The summed E-state index contributed by atoms with van der Waals surface area (Å²) in [6.07, 6.45) is -4.17. The van der Waals surface area contributed by atoms with Gasteiger partial charge >= 0.3 is 6.18 Å². The molecule has 0 radical (unpaired) electrons. The number of carbonyl (C=O) groups excluding carboxylic acids is 1. The standard InChI is InChI=1S/C9H6F4O2/c10-7-1-6(4-14)2-8(3-7)15-5-9(11,12)13/h1-4H,5H2. The molecule has 0 aliphatic heterocycles. The molecule has 6 heteroatoms. The second kappa shape index (κ2) is 4.29. The maximum absolute atomic E-state index is 12.7. The molecule has 1 aromatic carbocycles. The van der Waals surface area contributed by atoms with Gasteiger partial charge in [0.1, 0.15) is 17.9 Å². The highest BCUT2D eigenvalue weighted by atomic mass is 19.4. The monoisotopic (exact) mass is 222 g/mol. The van der Waals surface area contributed by atoms with Crippen molar-refractivity contribution < 1.29 is 27.1 Å². The number of carbonyl (C=O) groups is 1. The van der Waals surface area contributed by atoms with E-state index in [-0.39, 0.29) is 11.3 Å². The zero-order chi connectivity index (χ0) is 11.5. The maximum Gasteiger partial charge on any atom is 0.422 e. The van der Waals surface area contributed by atoms with E-state index in [2.05, 4.69) is 4.74 Å². The van der Waals surface area contributed by atoms with Gasteiger partial charge in [0.25, 0.3) is 0 Å². The molecule has 1 aromatic rings. The van der Waals surface area contributed by atoms with Crippen LogP contribution in [-0.4, -0.2) is 19.1 Å². The zero-order valence-electron chi connectivity index (χ0n) is 7.34. The third-order valence-corrected chi connectivity index (χ3v) is 1.43. The van der Waals surface area contributed by atoms with Crippen molar-refractivity contribution in [1.82, 2.24) is 0 Å². The van der Waals surface area contributed by atoms with Gasteiger partial charge in [-0.2, -0.15) is 13.2 Å². The predicted octanol–water partition coefficient (Wildman–Crippen LogP) is 2.58. The lowest BCUT2D eigenvalue weighted by atomic mass is 10.2. The summed E-state index contributed by atoms with van der Waals surface area (Å²) >= 11 is 0. The Morgan fingerprint density at radius 1 is 1.27 bits per heavy atom. The molecule has 15 heavy (non-hydrogen) atoms. The van der Waals surface area contributed by atoms with E-state index >= 15 is 0 Å². The largest absolute Gasteiger partial charge is 0.484 e. The fraction of sp³-hybridized carbons (Fsp3) is 0.222. The Morgan fingerprint density at radius 3 is 2.47 bits per heavy atom. The van der Waals surface area contributed by atoms with E-state index in [1.807, 2.05) is 0 Å². The van der Waals surface area contributed by atoms with Crippen molar-refractivity contribution >= 4 is 6.29 Å². The molecule has 0 bridgehead atoms. The van der Waals surface area contributed by atoms with E-state index in [9.17, 15) is 22.4 Å². The van der Waals surface area contributed by atoms with Crippen LogP contribution in [0.2, 0.25) is 0 Å². The van der Waals surface area contributed by atoms with Gasteiger partial charge in [0, 0.05) is 11.6 Å². The number of hydrogen-bond acceptors (Lipinski definition) is 2. The molecule has 2 nitrogen and oxygen atoms in total. The van der Waals surface area contributed by atoms with Crippen LogP contribution >= 0.6 is 0 Å². The summed E-state index contributed by atoms with van der Waals surface area (Å²) < 4.78 is 52.2. The van der Waals surface area contributed by atoms with E-state index in [0.717, 1.165) is 18.2 Å². The van der Waals surface area contributed by atoms with E-state index in [1.54, 1.807) is 0 Å². The van der Waals surface area contributed by atoms with Crippen LogP contribution in [0.15, 0.2) is 18.2 Å². The summed E-state index contributed by atoms with van der Waals surface area (Å²) in [5.41, 5.74) is -0.0767. The SMILES string of the molecule is O=Cc1cc(F)cc(OCC(F)(F)F)c1. The topological polar surface area (TPSA) is 26.3 Å². The van der Waals surface area contributed by atoms with Gasteiger partial charge in [-0.05, 0) is 12.1 Å². The lowest BCUT2D eigenvalue weighted by Gasteiger charge is -2.09. The third kappa shape index (κ3) is 3.97. The first-order chi connectivity index (χ1) is 6.90. The highest BCUT2D eigenvalue weighted by Crippen LogP contribution is 2.20. The average molecular weight is 222 g/mol. The Balaban J connectivity index is 2.77. The predicted molar refractivity (Wildman–Crippen MR) is 43.3 cm³/mol. The van der Waals surface area contributed by atoms with E-state index in [0.29, 0.717) is 6.29 Å². The number of hydrogen-bond donors (Lipinski definition) is 0. The van der Waals surface area contributed by atoms with Crippen LogP contribution in [0.3, 0.4) is 0 Å². The molecule has 0 aromatic heterocycles. The van der Waals surface area contributed by atoms with Gasteiger partial charge in [0.05, 0.1) is 0 Å². The quantitative estimate of drug-likeness (QED) is 0.580. The molecular weight excluding hydrogens is 216 g/mol. The van der Waals surface area contributed by atoms with Crippen LogP contribution in [0, 0.1) is 5.82 Å². The van der Waals surface area contributed by atoms with Gasteiger partial charge in [-0.25, -0.2) is 4.39 Å². The van der Waals surface area contributed by atoms with Crippen molar-refractivity contribution in [2.24, 2.45) is 0 Å². The summed E-state index contributed by atoms with van der Waals surface area (Å²) in [6.45, 7) is -1.52. The highest BCUT2D eigenvalue weighted by Gasteiger charge is 2.28. The molecule has 0 saturated heterocycles. The molecule has 0 fully saturated rings. The lowest BCUT2D eigenvalue weighted by Crippen LogP contribution is -2.19. The Bertz CT molecular complexity index is 360. The highest BCUT2D eigenvalue weighted by molar-refractivity contribution is 5.75. The summed E-state index contributed by atoms with van der Waals surface area (Å²) in [6, 6.07) is 2.70. The summed E-state index contributed by atoms with van der Waals surface area (Å²) in [4.78, 5) is 10.3. The van der Waals surface area contributed by atoms with Crippen molar-refractivity contribution in [2.45, 2.75) is 6.18 Å². The minimum atomic E-state index is -4.49. The summed E-state index contributed by atoms with van der Waals surface area (Å²) in [5, 5.41) is 0. The van der Waals surface area contributed by atoms with Crippen LogP contribution < -0.4 is 4.74 Å². The van der Waals surface area contributed by atoms with Gasteiger partial charge in [0.15, 0.2) is 6.61 Å². The minimum Gasteiger partial charge on any atom is -0.484 e. The molecule has 0 N–H and O–H groups in total. The smallest absolute Gasteiger partial charge is 0.422 e. The van der Waals surface area contributed by atoms with Crippen LogP contribution in [0.25, 0.3) is 0 Å². The molecule has 0 amide bonds. The molecule has 0 aliphatic carbocycles. The summed E-state index contributed by atoms with van der Waals surface area (Å²) in [5.74, 6) is -1.15. The fourth-order valence-corrected chi connectivity index (χ4v) is 0.901. The molecular formula is C9H6F4O2. The third-order valence-electron chi connectivity index (χ3n) is 1.43. The van der Waals surface area contributed by atoms with E-state index in [4.69, 9.17) is 0 Å². The second-order valence-electron chi connectivity index (χ2n) is 2.74. The Kier molecular flexibility index (Phi) is 3.28. The molecule has 0 spiro atoms. The van der Waals surface area contributed by atoms with Crippen LogP contribution in [0.5, 0.6) is 5.75 Å². The first-order valence-electron chi connectivity index (χ1n) is 3.86. The second-order valence-corrected chi connectivity index (χ2v) is 2.74. The zero-order valence-corrected chi connectivity index (χ0v) is 7.34. The van der Waals surface area contributed by atoms with Gasteiger partial charge < -0.3 is 4.74 Å². The number of halogens is 4. The number of benzene rings is 1. The van der Waals surface area contributed by atoms with Gasteiger partial charge in [-0.3, -0.25) is 4.79 Å². The number of ether oxygens (including phenoxy) is 1. The molecule has 0 saturated carbocycles. The first-order valence-corrected chi connectivity index (χ1v) is 3.86.